The van der Waals surface area contributed by atoms with Gasteiger partial charge >= 0.3 is 6.03 Å². The van der Waals surface area contributed by atoms with Gasteiger partial charge in [-0.15, -0.1) is 0 Å². The zero-order valence-corrected chi connectivity index (χ0v) is 10.6. The highest BCUT2D eigenvalue weighted by Gasteiger charge is 2.02. The summed E-state index contributed by atoms with van der Waals surface area (Å²) in [5, 5.41) is 10.0. The molecular weight excluding hydrogens is 220 g/mol. The van der Waals surface area contributed by atoms with Gasteiger partial charge in [-0.1, -0.05) is 0 Å². The molecule has 2 amide bonds. The fourth-order valence-electron chi connectivity index (χ4n) is 1.31. The molecule has 7 heteroatoms. The molecule has 0 fully saturated rings. The van der Waals surface area contributed by atoms with Gasteiger partial charge in [-0.25, -0.2) is 14.5 Å². The van der Waals surface area contributed by atoms with Crippen molar-refractivity contribution in [3.8, 4) is 0 Å². The van der Waals surface area contributed by atoms with Gasteiger partial charge in [-0.3, -0.25) is 0 Å². The number of carbonyl (C=O) groups is 1. The molecule has 96 valence electrons. The van der Waals surface area contributed by atoms with E-state index in [0.717, 1.165) is 12.4 Å². The van der Waals surface area contributed by atoms with Gasteiger partial charge in [0.2, 0.25) is 0 Å². The minimum atomic E-state index is -0.0801. The summed E-state index contributed by atoms with van der Waals surface area (Å²) in [4.78, 5) is 16.8. The lowest BCUT2D eigenvalue weighted by atomic mass is 10.5. The highest BCUT2D eigenvalue weighted by atomic mass is 16.2. The first kappa shape index (κ1) is 13.4. The standard InChI is InChI=1S/C10H20N6O/c1-4-16-9(13-8-14-16)7-11-5-6-12-10(17)15(2)3/h8,11H,4-7H2,1-3H3,(H,12,17). The lowest BCUT2D eigenvalue weighted by Gasteiger charge is -2.12. The Morgan fingerprint density at radius 1 is 1.47 bits per heavy atom. The average Bonchev–Trinajstić information content (AvgIpc) is 2.75. The van der Waals surface area contributed by atoms with E-state index in [1.807, 2.05) is 11.6 Å². The van der Waals surface area contributed by atoms with Gasteiger partial charge in [0.15, 0.2) is 0 Å². The molecule has 0 atom stereocenters. The first-order valence-corrected chi connectivity index (χ1v) is 5.67. The molecule has 17 heavy (non-hydrogen) atoms. The molecule has 0 radical (unpaired) electrons. The van der Waals surface area contributed by atoms with E-state index < -0.39 is 0 Å². The van der Waals surface area contributed by atoms with Crippen LogP contribution in [0.15, 0.2) is 6.33 Å². The van der Waals surface area contributed by atoms with E-state index >= 15 is 0 Å². The minimum Gasteiger partial charge on any atom is -0.337 e. The Morgan fingerprint density at radius 2 is 2.24 bits per heavy atom. The smallest absolute Gasteiger partial charge is 0.316 e. The summed E-state index contributed by atoms with van der Waals surface area (Å²) in [6.45, 7) is 4.79. The van der Waals surface area contributed by atoms with Crippen molar-refractivity contribution in [2.75, 3.05) is 27.2 Å². The van der Waals surface area contributed by atoms with Crippen molar-refractivity contribution in [2.24, 2.45) is 0 Å². The summed E-state index contributed by atoms with van der Waals surface area (Å²) in [6.07, 6.45) is 1.55. The highest BCUT2D eigenvalue weighted by molar-refractivity contribution is 5.73. The topological polar surface area (TPSA) is 75.1 Å². The Balaban J connectivity index is 2.14. The van der Waals surface area contributed by atoms with Crippen molar-refractivity contribution in [1.82, 2.24) is 30.3 Å². The molecule has 1 rings (SSSR count). The van der Waals surface area contributed by atoms with Crippen LogP contribution in [0.2, 0.25) is 0 Å². The normalized spacial score (nSPS) is 10.3. The number of aromatic nitrogens is 3. The van der Waals surface area contributed by atoms with Crippen molar-refractivity contribution >= 4 is 6.03 Å². The summed E-state index contributed by atoms with van der Waals surface area (Å²) in [5.74, 6) is 0.909. The molecule has 0 aromatic carbocycles. The van der Waals surface area contributed by atoms with Crippen LogP contribution >= 0.6 is 0 Å². The van der Waals surface area contributed by atoms with Crippen molar-refractivity contribution in [2.45, 2.75) is 20.0 Å². The predicted molar refractivity (Wildman–Crippen MR) is 64.5 cm³/mol. The second-order valence-corrected chi connectivity index (χ2v) is 3.80. The predicted octanol–water partition coefficient (Wildman–Crippen LogP) is -0.341. The van der Waals surface area contributed by atoms with E-state index in [9.17, 15) is 4.79 Å². The van der Waals surface area contributed by atoms with Crippen LogP contribution < -0.4 is 10.6 Å². The third kappa shape index (κ3) is 4.39. The third-order valence-electron chi connectivity index (χ3n) is 2.26. The molecule has 0 aliphatic carbocycles. The van der Waals surface area contributed by atoms with E-state index in [4.69, 9.17) is 0 Å². The Hall–Kier alpha value is -1.63. The van der Waals surface area contributed by atoms with Crippen LogP contribution in [0.3, 0.4) is 0 Å². The molecule has 1 heterocycles. The average molecular weight is 240 g/mol. The van der Waals surface area contributed by atoms with Crippen LogP contribution in [0.25, 0.3) is 0 Å². The van der Waals surface area contributed by atoms with E-state index in [0.29, 0.717) is 19.6 Å². The van der Waals surface area contributed by atoms with E-state index in [1.165, 1.54) is 4.90 Å². The Kier molecular flexibility index (Phi) is 5.41. The second kappa shape index (κ2) is 6.85. The largest absolute Gasteiger partial charge is 0.337 e. The van der Waals surface area contributed by atoms with Gasteiger partial charge in [-0.2, -0.15) is 5.10 Å². The van der Waals surface area contributed by atoms with Gasteiger partial charge in [0.25, 0.3) is 0 Å². The number of urea groups is 1. The highest BCUT2D eigenvalue weighted by Crippen LogP contribution is 1.92. The summed E-state index contributed by atoms with van der Waals surface area (Å²) < 4.78 is 1.84. The molecule has 0 saturated carbocycles. The van der Waals surface area contributed by atoms with Gasteiger partial charge < -0.3 is 15.5 Å². The number of amides is 2. The van der Waals surface area contributed by atoms with Crippen molar-refractivity contribution in [1.29, 1.82) is 0 Å². The van der Waals surface area contributed by atoms with E-state index in [-0.39, 0.29) is 6.03 Å². The fourth-order valence-corrected chi connectivity index (χ4v) is 1.31. The Morgan fingerprint density at radius 3 is 2.88 bits per heavy atom. The summed E-state index contributed by atoms with van der Waals surface area (Å²) in [7, 11) is 3.43. The first-order chi connectivity index (χ1) is 8.15. The minimum absolute atomic E-state index is 0.0801. The van der Waals surface area contributed by atoms with Crippen LogP contribution in [0, 0.1) is 0 Å². The van der Waals surface area contributed by atoms with Gasteiger partial charge in [-0.05, 0) is 6.92 Å². The summed E-state index contributed by atoms with van der Waals surface area (Å²) >= 11 is 0. The number of hydrogen-bond acceptors (Lipinski definition) is 4. The first-order valence-electron chi connectivity index (χ1n) is 5.67. The molecule has 0 saturated heterocycles. The van der Waals surface area contributed by atoms with Crippen LogP contribution in [0.1, 0.15) is 12.7 Å². The van der Waals surface area contributed by atoms with Gasteiger partial charge in [0, 0.05) is 33.7 Å². The number of nitrogens with one attached hydrogen (secondary N) is 2. The fraction of sp³-hybridized carbons (Fsp3) is 0.700. The lowest BCUT2D eigenvalue weighted by molar-refractivity contribution is 0.217. The number of aryl methyl sites for hydroxylation is 1. The van der Waals surface area contributed by atoms with Crippen LogP contribution in [0.5, 0.6) is 0 Å². The number of hydrogen-bond donors (Lipinski definition) is 2. The van der Waals surface area contributed by atoms with Crippen molar-refractivity contribution in [3.63, 3.8) is 0 Å². The molecule has 0 unspecified atom stereocenters. The van der Waals surface area contributed by atoms with Crippen LogP contribution in [0.4, 0.5) is 4.79 Å². The lowest BCUT2D eigenvalue weighted by Crippen LogP contribution is -2.38. The van der Waals surface area contributed by atoms with Crippen molar-refractivity contribution in [3.05, 3.63) is 12.2 Å². The van der Waals surface area contributed by atoms with Crippen LogP contribution in [-0.2, 0) is 13.1 Å². The number of nitrogens with zero attached hydrogens (tertiary/aromatic N) is 4. The molecule has 1 aromatic rings. The molecular formula is C10H20N6O. The second-order valence-electron chi connectivity index (χ2n) is 3.80. The molecule has 1 aromatic heterocycles. The molecule has 7 nitrogen and oxygen atoms in total. The maximum Gasteiger partial charge on any atom is 0.316 e. The summed E-state index contributed by atoms with van der Waals surface area (Å²) in [5.41, 5.74) is 0. The molecule has 2 N–H and O–H groups in total. The molecule has 0 aliphatic heterocycles. The maximum atomic E-state index is 11.2. The monoisotopic (exact) mass is 240 g/mol. The SMILES string of the molecule is CCn1ncnc1CNCCNC(=O)N(C)C. The quantitative estimate of drug-likeness (QED) is 0.667. The van der Waals surface area contributed by atoms with Crippen LogP contribution in [-0.4, -0.2) is 52.9 Å². The summed E-state index contributed by atoms with van der Waals surface area (Å²) in [6, 6.07) is -0.0801. The molecule has 0 aliphatic rings. The maximum absolute atomic E-state index is 11.2. The number of rotatable bonds is 6. The van der Waals surface area contributed by atoms with Gasteiger partial charge in [0.1, 0.15) is 12.2 Å². The third-order valence-corrected chi connectivity index (χ3v) is 2.26. The molecule has 0 bridgehead atoms. The zero-order valence-electron chi connectivity index (χ0n) is 10.6. The van der Waals surface area contributed by atoms with E-state index in [2.05, 4.69) is 20.7 Å². The van der Waals surface area contributed by atoms with Crippen molar-refractivity contribution < 1.29 is 4.79 Å². The number of carbonyl (C=O) groups excluding carboxylic acids is 1. The Bertz CT molecular complexity index is 348. The zero-order chi connectivity index (χ0) is 12.7. The molecule has 0 spiro atoms. The van der Waals surface area contributed by atoms with Gasteiger partial charge in [0.05, 0.1) is 6.54 Å². The Labute approximate surface area is 101 Å². The van der Waals surface area contributed by atoms with E-state index in [1.54, 1.807) is 20.4 Å².